The molecule has 0 saturated carbocycles. The second-order valence-corrected chi connectivity index (χ2v) is 4.99. The first-order valence-electron chi connectivity index (χ1n) is 5.44. The van der Waals surface area contributed by atoms with Gasteiger partial charge < -0.3 is 11.1 Å². The lowest BCUT2D eigenvalue weighted by Crippen LogP contribution is -1.97. The van der Waals surface area contributed by atoms with Crippen molar-refractivity contribution in [1.29, 1.82) is 0 Å². The molecule has 2 aromatic heterocycles. The van der Waals surface area contributed by atoms with Crippen molar-refractivity contribution >= 4 is 38.3 Å². The van der Waals surface area contributed by atoms with Crippen molar-refractivity contribution < 1.29 is 0 Å². The molecular weight excluding hydrogens is 246 g/mol. The van der Waals surface area contributed by atoms with Crippen LogP contribution in [0, 0.1) is 6.92 Å². The predicted molar refractivity (Wildman–Crippen MR) is 74.1 cm³/mol. The first kappa shape index (κ1) is 10.9. The Hall–Kier alpha value is -2.21. The molecule has 0 unspecified atom stereocenters. The van der Waals surface area contributed by atoms with Crippen LogP contribution in [-0.4, -0.2) is 15.2 Å². The van der Waals surface area contributed by atoms with Gasteiger partial charge in [-0.3, -0.25) is 0 Å². The molecule has 3 N–H and O–H groups in total. The molecule has 0 aliphatic rings. The number of aryl methyl sites for hydroxylation is 1. The Bertz CT molecular complexity index is 689. The lowest BCUT2D eigenvalue weighted by Gasteiger charge is -1.99. The van der Waals surface area contributed by atoms with Gasteiger partial charge >= 0.3 is 0 Å². The van der Waals surface area contributed by atoms with Crippen molar-refractivity contribution in [1.82, 2.24) is 15.2 Å². The van der Waals surface area contributed by atoms with E-state index in [0.29, 0.717) is 11.6 Å². The Balaban J connectivity index is 1.92. The fourth-order valence-electron chi connectivity index (χ4n) is 1.60. The maximum Gasteiger partial charge on any atom is 0.189 e. The third-order valence-electron chi connectivity index (χ3n) is 2.46. The molecule has 3 rings (SSSR count). The highest BCUT2D eigenvalue weighted by Crippen LogP contribution is 2.28. The molecule has 3 aromatic rings. The van der Waals surface area contributed by atoms with Gasteiger partial charge in [0.15, 0.2) is 10.9 Å². The van der Waals surface area contributed by atoms with Crippen LogP contribution in [0.25, 0.3) is 10.2 Å². The minimum Gasteiger partial charge on any atom is -0.382 e. The minimum absolute atomic E-state index is 0.403. The molecule has 18 heavy (non-hydrogen) atoms. The maximum atomic E-state index is 5.48. The summed E-state index contributed by atoms with van der Waals surface area (Å²) >= 11 is 1.59. The zero-order valence-corrected chi connectivity index (χ0v) is 10.5. The zero-order chi connectivity index (χ0) is 12.5. The lowest BCUT2D eigenvalue weighted by atomic mass is 10.2. The fourth-order valence-corrected chi connectivity index (χ4v) is 2.58. The molecule has 90 valence electrons. The molecule has 0 aliphatic carbocycles. The van der Waals surface area contributed by atoms with Crippen molar-refractivity contribution in [2.45, 2.75) is 6.92 Å². The SMILES string of the molecule is Cc1ccc2nc(Nc3ccc(N)nn3)sc2c1. The van der Waals surface area contributed by atoms with E-state index in [0.717, 1.165) is 15.3 Å². The van der Waals surface area contributed by atoms with E-state index >= 15 is 0 Å². The standard InChI is InChI=1S/C12H11N5S/c1-7-2-3-8-9(6-7)18-12(14-8)15-11-5-4-10(13)16-17-11/h2-6H,1H3,(H2,13,16)(H,14,15,17). The van der Waals surface area contributed by atoms with Crippen LogP contribution in [0.15, 0.2) is 30.3 Å². The topological polar surface area (TPSA) is 76.7 Å². The first-order valence-corrected chi connectivity index (χ1v) is 6.26. The smallest absolute Gasteiger partial charge is 0.189 e. The molecule has 2 heterocycles. The summed E-state index contributed by atoms with van der Waals surface area (Å²) in [5.41, 5.74) is 7.69. The molecule has 0 atom stereocenters. The Kier molecular flexibility index (Phi) is 2.56. The number of hydrogen-bond acceptors (Lipinski definition) is 6. The lowest BCUT2D eigenvalue weighted by molar-refractivity contribution is 1.05. The molecule has 1 aromatic carbocycles. The van der Waals surface area contributed by atoms with Crippen LogP contribution in [0.5, 0.6) is 0 Å². The second-order valence-electron chi connectivity index (χ2n) is 3.96. The number of rotatable bonds is 2. The molecule has 0 bridgehead atoms. The van der Waals surface area contributed by atoms with Crippen LogP contribution in [0.2, 0.25) is 0 Å². The zero-order valence-electron chi connectivity index (χ0n) is 9.71. The molecule has 0 aliphatic heterocycles. The van der Waals surface area contributed by atoms with Crippen molar-refractivity contribution in [3.63, 3.8) is 0 Å². The van der Waals surface area contributed by atoms with Gasteiger partial charge in [0, 0.05) is 0 Å². The van der Waals surface area contributed by atoms with E-state index in [1.807, 2.05) is 6.07 Å². The summed E-state index contributed by atoms with van der Waals surface area (Å²) in [7, 11) is 0. The van der Waals surface area contributed by atoms with Crippen LogP contribution < -0.4 is 11.1 Å². The number of anilines is 3. The quantitative estimate of drug-likeness (QED) is 0.738. The Morgan fingerprint density at radius 3 is 2.83 bits per heavy atom. The molecule has 0 saturated heterocycles. The number of nitrogens with zero attached hydrogens (tertiary/aromatic N) is 3. The summed E-state index contributed by atoms with van der Waals surface area (Å²) < 4.78 is 1.15. The average molecular weight is 257 g/mol. The van der Waals surface area contributed by atoms with E-state index < -0.39 is 0 Å². The van der Waals surface area contributed by atoms with Crippen molar-refractivity contribution in [2.24, 2.45) is 0 Å². The molecular formula is C12H11N5S. The van der Waals surface area contributed by atoms with Gasteiger partial charge in [-0.2, -0.15) is 0 Å². The number of nitrogens with two attached hydrogens (primary N) is 1. The van der Waals surface area contributed by atoms with Gasteiger partial charge in [-0.05, 0) is 36.8 Å². The van der Waals surface area contributed by atoms with Gasteiger partial charge in [-0.15, -0.1) is 10.2 Å². The Morgan fingerprint density at radius 1 is 1.17 bits per heavy atom. The molecule has 0 amide bonds. The Morgan fingerprint density at radius 2 is 2.06 bits per heavy atom. The summed E-state index contributed by atoms with van der Waals surface area (Å²) in [5, 5.41) is 11.6. The number of fused-ring (bicyclic) bond motifs is 1. The van der Waals surface area contributed by atoms with Crippen molar-refractivity contribution in [3.8, 4) is 0 Å². The van der Waals surface area contributed by atoms with Crippen molar-refractivity contribution in [3.05, 3.63) is 35.9 Å². The number of thiazole rings is 1. The van der Waals surface area contributed by atoms with Crippen molar-refractivity contribution in [2.75, 3.05) is 11.1 Å². The minimum atomic E-state index is 0.403. The van der Waals surface area contributed by atoms with E-state index in [9.17, 15) is 0 Å². The van der Waals surface area contributed by atoms with Gasteiger partial charge in [0.2, 0.25) is 0 Å². The van der Waals surface area contributed by atoms with E-state index in [1.165, 1.54) is 5.56 Å². The molecule has 6 heteroatoms. The highest BCUT2D eigenvalue weighted by Gasteiger charge is 2.04. The highest BCUT2D eigenvalue weighted by molar-refractivity contribution is 7.22. The van der Waals surface area contributed by atoms with Gasteiger partial charge in [-0.1, -0.05) is 17.4 Å². The average Bonchev–Trinajstić information content (AvgIpc) is 2.73. The van der Waals surface area contributed by atoms with E-state index in [-0.39, 0.29) is 0 Å². The monoisotopic (exact) mass is 257 g/mol. The number of nitrogen functional groups attached to an aromatic ring is 1. The Labute approximate surface area is 108 Å². The third-order valence-corrected chi connectivity index (χ3v) is 3.40. The van der Waals surface area contributed by atoms with Gasteiger partial charge in [0.05, 0.1) is 10.2 Å². The maximum absolute atomic E-state index is 5.48. The van der Waals surface area contributed by atoms with E-state index in [4.69, 9.17) is 5.73 Å². The molecule has 5 nitrogen and oxygen atoms in total. The van der Waals surface area contributed by atoms with Gasteiger partial charge in [-0.25, -0.2) is 4.98 Å². The fraction of sp³-hybridized carbons (Fsp3) is 0.0833. The van der Waals surface area contributed by atoms with Crippen LogP contribution >= 0.6 is 11.3 Å². The first-order chi connectivity index (χ1) is 8.70. The van der Waals surface area contributed by atoms with Crippen LogP contribution in [0.4, 0.5) is 16.8 Å². The number of hydrogen-bond donors (Lipinski definition) is 2. The molecule has 0 spiro atoms. The number of nitrogens with one attached hydrogen (secondary N) is 1. The summed E-state index contributed by atoms with van der Waals surface area (Å²) in [4.78, 5) is 4.48. The third kappa shape index (κ3) is 2.10. The van der Waals surface area contributed by atoms with Crippen LogP contribution in [-0.2, 0) is 0 Å². The van der Waals surface area contributed by atoms with Gasteiger partial charge in [0.1, 0.15) is 5.82 Å². The number of aromatic nitrogens is 3. The molecule has 0 fully saturated rings. The molecule has 0 radical (unpaired) electrons. The summed E-state index contributed by atoms with van der Waals surface area (Å²) in [6.07, 6.45) is 0. The van der Waals surface area contributed by atoms with Crippen LogP contribution in [0.3, 0.4) is 0 Å². The summed E-state index contributed by atoms with van der Waals surface area (Å²) in [5.74, 6) is 1.04. The highest BCUT2D eigenvalue weighted by atomic mass is 32.1. The summed E-state index contributed by atoms with van der Waals surface area (Å²) in [6, 6.07) is 9.66. The number of benzene rings is 1. The predicted octanol–water partition coefficient (Wildman–Crippen LogP) is 2.72. The largest absolute Gasteiger partial charge is 0.382 e. The summed E-state index contributed by atoms with van der Waals surface area (Å²) in [6.45, 7) is 2.07. The van der Waals surface area contributed by atoms with Gasteiger partial charge in [0.25, 0.3) is 0 Å². The van der Waals surface area contributed by atoms with E-state index in [2.05, 4.69) is 39.6 Å². The second kappa shape index (κ2) is 4.23. The van der Waals surface area contributed by atoms with Crippen LogP contribution in [0.1, 0.15) is 5.56 Å². The normalized spacial score (nSPS) is 10.7. The van der Waals surface area contributed by atoms with E-state index in [1.54, 1.807) is 23.5 Å².